The molecule has 1 rings (SSSR count). The molecule has 17 heavy (non-hydrogen) atoms. The Labute approximate surface area is 98.3 Å². The lowest BCUT2D eigenvalue weighted by Gasteiger charge is -2.16. The maximum atomic E-state index is 12.9. The first-order valence-corrected chi connectivity index (χ1v) is 4.97. The summed E-state index contributed by atoms with van der Waals surface area (Å²) in [5.41, 5.74) is 5.86. The van der Waals surface area contributed by atoms with Crippen LogP contribution in [-0.4, -0.2) is 35.4 Å². The van der Waals surface area contributed by atoms with Crippen molar-refractivity contribution in [2.24, 2.45) is 10.9 Å². The van der Waals surface area contributed by atoms with Crippen LogP contribution in [0.15, 0.2) is 29.4 Å². The van der Waals surface area contributed by atoms with E-state index in [9.17, 15) is 9.18 Å². The topological polar surface area (TPSA) is 78.9 Å². The van der Waals surface area contributed by atoms with Crippen LogP contribution < -0.4 is 5.73 Å². The van der Waals surface area contributed by atoms with Crippen LogP contribution in [0.1, 0.15) is 5.56 Å². The minimum absolute atomic E-state index is 0.0324. The highest BCUT2D eigenvalue weighted by Gasteiger charge is 2.11. The number of rotatable bonds is 4. The third-order valence-electron chi connectivity index (χ3n) is 2.20. The van der Waals surface area contributed by atoms with Crippen molar-refractivity contribution in [2.75, 3.05) is 13.6 Å². The fraction of sp³-hybridized carbons (Fsp3) is 0.273. The number of carbonyl (C=O) groups is 1. The normalized spacial score (nSPS) is 11.3. The second-order valence-corrected chi connectivity index (χ2v) is 3.65. The Morgan fingerprint density at radius 1 is 1.59 bits per heavy atom. The van der Waals surface area contributed by atoms with Gasteiger partial charge in [0.25, 0.3) is 0 Å². The minimum atomic E-state index is -0.380. The number of nitrogens with two attached hydrogens (primary N) is 1. The van der Waals surface area contributed by atoms with Crippen molar-refractivity contribution < 1.29 is 14.4 Å². The zero-order chi connectivity index (χ0) is 12.8. The predicted octanol–water partition coefficient (Wildman–Crippen LogP) is 0.573. The number of likely N-dealkylation sites (N-methyl/N-ethyl adjacent to an activating group) is 1. The van der Waals surface area contributed by atoms with Gasteiger partial charge in [-0.25, -0.2) is 4.39 Å². The molecule has 0 aliphatic rings. The zero-order valence-electron chi connectivity index (χ0n) is 9.43. The number of amidine groups is 1. The van der Waals surface area contributed by atoms with Crippen molar-refractivity contribution in [3.05, 3.63) is 35.6 Å². The molecule has 0 saturated heterocycles. The molecule has 1 amide bonds. The van der Waals surface area contributed by atoms with E-state index in [0.717, 1.165) is 0 Å². The summed E-state index contributed by atoms with van der Waals surface area (Å²) in [6.07, 6.45) is 0.0764. The van der Waals surface area contributed by atoms with E-state index in [-0.39, 0.29) is 30.5 Å². The Hall–Kier alpha value is -2.11. The maximum absolute atomic E-state index is 12.9. The summed E-state index contributed by atoms with van der Waals surface area (Å²) in [6, 6.07) is 5.82. The van der Waals surface area contributed by atoms with Crippen LogP contribution >= 0.6 is 0 Å². The van der Waals surface area contributed by atoms with E-state index in [0.29, 0.717) is 5.56 Å². The molecular formula is C11H14FN3O2. The second kappa shape index (κ2) is 5.83. The summed E-state index contributed by atoms with van der Waals surface area (Å²) < 4.78 is 12.9. The number of hydrogen-bond acceptors (Lipinski definition) is 3. The van der Waals surface area contributed by atoms with E-state index in [2.05, 4.69) is 5.16 Å². The number of benzene rings is 1. The van der Waals surface area contributed by atoms with Gasteiger partial charge in [-0.2, -0.15) is 0 Å². The molecule has 0 unspecified atom stereocenters. The lowest BCUT2D eigenvalue weighted by molar-refractivity contribution is -0.128. The number of nitrogens with zero attached hydrogens (tertiary/aromatic N) is 2. The monoisotopic (exact) mass is 239 g/mol. The van der Waals surface area contributed by atoms with Crippen molar-refractivity contribution in [1.29, 1.82) is 0 Å². The van der Waals surface area contributed by atoms with Crippen molar-refractivity contribution in [3.63, 3.8) is 0 Å². The summed E-state index contributed by atoms with van der Waals surface area (Å²) in [6.45, 7) is 0.0324. The fourth-order valence-corrected chi connectivity index (χ4v) is 1.32. The van der Waals surface area contributed by atoms with Gasteiger partial charge in [0.15, 0.2) is 5.84 Å². The molecular weight excluding hydrogens is 225 g/mol. The Bertz CT molecular complexity index is 434. The molecule has 5 nitrogen and oxygen atoms in total. The van der Waals surface area contributed by atoms with Crippen molar-refractivity contribution in [2.45, 2.75) is 6.42 Å². The van der Waals surface area contributed by atoms with Crippen molar-refractivity contribution in [1.82, 2.24) is 4.90 Å². The first-order valence-electron chi connectivity index (χ1n) is 4.97. The molecule has 0 aliphatic carbocycles. The van der Waals surface area contributed by atoms with Gasteiger partial charge in [-0.3, -0.25) is 4.79 Å². The summed E-state index contributed by atoms with van der Waals surface area (Å²) in [5, 5.41) is 11.1. The van der Waals surface area contributed by atoms with Crippen molar-refractivity contribution in [3.8, 4) is 0 Å². The van der Waals surface area contributed by atoms with E-state index in [4.69, 9.17) is 10.9 Å². The molecule has 3 N–H and O–H groups in total. The van der Waals surface area contributed by atoms with E-state index in [1.165, 1.54) is 24.1 Å². The smallest absolute Gasteiger partial charge is 0.227 e. The lowest BCUT2D eigenvalue weighted by Crippen LogP contribution is -2.36. The second-order valence-electron chi connectivity index (χ2n) is 3.65. The van der Waals surface area contributed by atoms with Crippen LogP contribution in [0.25, 0.3) is 0 Å². The highest BCUT2D eigenvalue weighted by atomic mass is 19.1. The summed E-state index contributed by atoms with van der Waals surface area (Å²) in [5.74, 6) is -0.670. The van der Waals surface area contributed by atoms with Crippen LogP contribution in [0.2, 0.25) is 0 Å². The van der Waals surface area contributed by atoms with Gasteiger partial charge in [0.05, 0.1) is 13.0 Å². The summed E-state index contributed by atoms with van der Waals surface area (Å²) in [7, 11) is 1.53. The molecule has 0 aliphatic heterocycles. The van der Waals surface area contributed by atoms with Gasteiger partial charge in [0.1, 0.15) is 5.82 Å². The molecule has 6 heteroatoms. The molecule has 0 radical (unpaired) electrons. The maximum Gasteiger partial charge on any atom is 0.227 e. The molecule has 0 fully saturated rings. The van der Waals surface area contributed by atoms with Gasteiger partial charge in [0.2, 0.25) is 5.91 Å². The summed E-state index contributed by atoms with van der Waals surface area (Å²) >= 11 is 0. The van der Waals surface area contributed by atoms with E-state index >= 15 is 0 Å². The van der Waals surface area contributed by atoms with E-state index < -0.39 is 0 Å². The molecule has 0 bridgehead atoms. The van der Waals surface area contributed by atoms with Gasteiger partial charge in [0, 0.05) is 7.05 Å². The Morgan fingerprint density at radius 3 is 2.88 bits per heavy atom. The van der Waals surface area contributed by atoms with Crippen LogP contribution in [0.3, 0.4) is 0 Å². The first-order chi connectivity index (χ1) is 8.02. The minimum Gasteiger partial charge on any atom is -0.409 e. The van der Waals surface area contributed by atoms with Crippen LogP contribution in [0.4, 0.5) is 4.39 Å². The third kappa shape index (κ3) is 4.10. The number of hydrogen-bond donors (Lipinski definition) is 2. The zero-order valence-corrected chi connectivity index (χ0v) is 9.43. The molecule has 92 valence electrons. The SMILES string of the molecule is CN(CC(N)=NO)C(=O)Cc1cccc(F)c1. The summed E-state index contributed by atoms with van der Waals surface area (Å²) in [4.78, 5) is 13.0. The van der Waals surface area contributed by atoms with Crippen LogP contribution in [0, 0.1) is 5.82 Å². The molecule has 0 spiro atoms. The largest absolute Gasteiger partial charge is 0.409 e. The molecule has 0 heterocycles. The first kappa shape index (κ1) is 13.0. The standard InChI is InChI=1S/C11H14FN3O2/c1-15(7-10(13)14-17)11(16)6-8-3-2-4-9(12)5-8/h2-5,17H,6-7H2,1H3,(H2,13,14). The van der Waals surface area contributed by atoms with Gasteiger partial charge in [-0.15, -0.1) is 0 Å². The van der Waals surface area contributed by atoms with Crippen LogP contribution in [-0.2, 0) is 11.2 Å². The Kier molecular flexibility index (Phi) is 4.45. The highest BCUT2D eigenvalue weighted by Crippen LogP contribution is 2.05. The van der Waals surface area contributed by atoms with E-state index in [1.807, 2.05) is 0 Å². The Balaban J connectivity index is 2.60. The lowest BCUT2D eigenvalue weighted by atomic mass is 10.1. The fourth-order valence-electron chi connectivity index (χ4n) is 1.32. The van der Waals surface area contributed by atoms with Crippen LogP contribution in [0.5, 0.6) is 0 Å². The van der Waals surface area contributed by atoms with E-state index in [1.54, 1.807) is 12.1 Å². The van der Waals surface area contributed by atoms with Gasteiger partial charge in [-0.1, -0.05) is 17.3 Å². The number of amides is 1. The van der Waals surface area contributed by atoms with Gasteiger partial charge in [-0.05, 0) is 17.7 Å². The predicted molar refractivity (Wildman–Crippen MR) is 61.1 cm³/mol. The molecule has 1 aromatic carbocycles. The van der Waals surface area contributed by atoms with Gasteiger partial charge >= 0.3 is 0 Å². The average molecular weight is 239 g/mol. The average Bonchev–Trinajstić information content (AvgIpc) is 2.28. The van der Waals surface area contributed by atoms with Crippen molar-refractivity contribution >= 4 is 11.7 Å². The highest BCUT2D eigenvalue weighted by molar-refractivity contribution is 5.87. The van der Waals surface area contributed by atoms with Gasteiger partial charge < -0.3 is 15.8 Å². The molecule has 0 saturated carbocycles. The number of oxime groups is 1. The number of carbonyl (C=O) groups excluding carboxylic acids is 1. The molecule has 1 aromatic rings. The molecule has 0 aromatic heterocycles. The molecule has 0 atom stereocenters. The quantitative estimate of drug-likeness (QED) is 0.349. The third-order valence-corrected chi connectivity index (χ3v) is 2.20. The number of halogens is 1. The Morgan fingerprint density at radius 2 is 2.29 bits per heavy atom.